The van der Waals surface area contributed by atoms with Crippen LogP contribution in [0.2, 0.25) is 0 Å². The van der Waals surface area contributed by atoms with E-state index in [1.54, 1.807) is 0 Å². The maximum atomic E-state index is 10.6. The number of nitrogens with two attached hydrogens (primary N) is 1. The second-order valence-corrected chi connectivity index (χ2v) is 2.86. The van der Waals surface area contributed by atoms with E-state index in [4.69, 9.17) is 21.1 Å². The van der Waals surface area contributed by atoms with Crippen molar-refractivity contribution in [3.05, 3.63) is 24.0 Å². The lowest BCUT2D eigenvalue weighted by molar-refractivity contribution is -0.146. The minimum Gasteiger partial charge on any atom is -0.515 e. The van der Waals surface area contributed by atoms with Crippen LogP contribution in [0.4, 0.5) is 0 Å². The van der Waals surface area contributed by atoms with Gasteiger partial charge in [-0.2, -0.15) is 0 Å². The third-order valence-electron chi connectivity index (χ3n) is 1.60. The van der Waals surface area contributed by atoms with Gasteiger partial charge in [0.15, 0.2) is 0 Å². The molecule has 0 spiro atoms. The van der Waals surface area contributed by atoms with E-state index < -0.39 is 23.8 Å². The maximum Gasteiger partial charge on any atom is 0.376 e. The first kappa shape index (κ1) is 13.8. The van der Waals surface area contributed by atoms with Crippen LogP contribution in [0.1, 0.15) is 6.42 Å². The van der Waals surface area contributed by atoms with Crippen molar-refractivity contribution in [3.8, 4) is 0 Å². The van der Waals surface area contributed by atoms with Crippen LogP contribution >= 0.6 is 0 Å². The van der Waals surface area contributed by atoms with Gasteiger partial charge in [0.2, 0.25) is 0 Å². The number of carboxylic acids is 2. The Kier molecular flexibility index (Phi) is 5.50. The van der Waals surface area contributed by atoms with Crippen LogP contribution in [0.25, 0.3) is 0 Å². The highest BCUT2D eigenvalue weighted by atomic mass is 16.4. The minimum atomic E-state index is -1.64. The highest BCUT2D eigenvalue weighted by Gasteiger charge is 2.13. The zero-order valence-electron chi connectivity index (χ0n) is 8.16. The highest BCUT2D eigenvalue weighted by Crippen LogP contribution is 2.05. The fourth-order valence-electron chi connectivity index (χ4n) is 0.759. The van der Waals surface area contributed by atoms with Gasteiger partial charge in [-0.05, 0) is 11.6 Å². The van der Waals surface area contributed by atoms with Crippen molar-refractivity contribution in [1.29, 1.82) is 0 Å². The van der Waals surface area contributed by atoms with Gasteiger partial charge in [0.05, 0.1) is 6.26 Å². The summed E-state index contributed by atoms with van der Waals surface area (Å²) in [5, 5.41) is 25.4. The molecule has 1 unspecified atom stereocenters. The van der Waals surface area contributed by atoms with E-state index in [0.29, 0.717) is 12.3 Å². The van der Waals surface area contributed by atoms with Crippen molar-refractivity contribution < 1.29 is 29.7 Å². The number of aliphatic hydroxyl groups is 1. The Bertz CT molecular complexity index is 357. The van der Waals surface area contributed by atoms with Gasteiger partial charge in [0.1, 0.15) is 6.04 Å². The van der Waals surface area contributed by atoms with E-state index in [1.807, 2.05) is 0 Å². The standard InChI is InChI=1S/C9H11NO6/c10-6(8(13)14)3-5(4-11)1-2-7(12)9(15)16/h1-2,4,6,11H,3,10H2,(H,13,14)(H,15,16)/b2-1+,5-4+. The molecule has 0 aliphatic rings. The number of rotatable bonds is 6. The van der Waals surface area contributed by atoms with Crippen LogP contribution in [0.5, 0.6) is 0 Å². The smallest absolute Gasteiger partial charge is 0.376 e. The van der Waals surface area contributed by atoms with Crippen molar-refractivity contribution in [2.24, 2.45) is 5.73 Å². The predicted octanol–water partition coefficient (Wildman–Crippen LogP) is -0.560. The van der Waals surface area contributed by atoms with Crippen molar-refractivity contribution in [3.63, 3.8) is 0 Å². The lowest BCUT2D eigenvalue weighted by atomic mass is 10.1. The summed E-state index contributed by atoms with van der Waals surface area (Å²) < 4.78 is 0. The molecule has 5 N–H and O–H groups in total. The number of aliphatic carboxylic acids is 2. The number of aliphatic hydroxyl groups excluding tert-OH is 1. The SMILES string of the molecule is NC(CC(=C/O)/C=C/C(=O)C(=O)O)C(=O)O. The van der Waals surface area contributed by atoms with E-state index in [1.165, 1.54) is 0 Å². The summed E-state index contributed by atoms with van der Waals surface area (Å²) in [6.45, 7) is 0. The molecule has 0 aromatic carbocycles. The van der Waals surface area contributed by atoms with Crippen LogP contribution in [-0.2, 0) is 14.4 Å². The molecule has 16 heavy (non-hydrogen) atoms. The molecule has 88 valence electrons. The summed E-state index contributed by atoms with van der Waals surface area (Å²) in [5.41, 5.74) is 5.22. The van der Waals surface area contributed by atoms with Gasteiger partial charge in [0.25, 0.3) is 5.78 Å². The normalized spacial score (nSPS) is 13.7. The van der Waals surface area contributed by atoms with Gasteiger partial charge < -0.3 is 21.1 Å². The molecule has 0 bridgehead atoms. The Morgan fingerprint density at radius 1 is 1.19 bits per heavy atom. The Morgan fingerprint density at radius 3 is 2.12 bits per heavy atom. The molecule has 0 fully saturated rings. The van der Waals surface area contributed by atoms with Crippen molar-refractivity contribution in [1.82, 2.24) is 0 Å². The maximum absolute atomic E-state index is 10.6. The summed E-state index contributed by atoms with van der Waals surface area (Å²) in [4.78, 5) is 31.1. The third-order valence-corrected chi connectivity index (χ3v) is 1.60. The Labute approximate surface area is 90.5 Å². The molecule has 0 aromatic heterocycles. The lowest BCUT2D eigenvalue weighted by Crippen LogP contribution is -2.30. The van der Waals surface area contributed by atoms with Gasteiger partial charge in [-0.15, -0.1) is 0 Å². The molecule has 7 heteroatoms. The Hall–Kier alpha value is -2.15. The number of carbonyl (C=O) groups is 3. The van der Waals surface area contributed by atoms with E-state index in [2.05, 4.69) is 0 Å². The van der Waals surface area contributed by atoms with Gasteiger partial charge in [-0.25, -0.2) is 4.79 Å². The number of allylic oxidation sites excluding steroid dienone is 1. The zero-order chi connectivity index (χ0) is 12.7. The topological polar surface area (TPSA) is 138 Å². The second kappa shape index (κ2) is 6.36. The molecule has 0 rings (SSSR count). The van der Waals surface area contributed by atoms with Crippen LogP contribution in [-0.4, -0.2) is 39.1 Å². The van der Waals surface area contributed by atoms with E-state index in [9.17, 15) is 14.4 Å². The lowest BCUT2D eigenvalue weighted by Gasteiger charge is -2.05. The summed E-state index contributed by atoms with van der Waals surface area (Å²) in [7, 11) is 0. The van der Waals surface area contributed by atoms with Gasteiger partial charge in [-0.3, -0.25) is 9.59 Å². The van der Waals surface area contributed by atoms with Gasteiger partial charge in [0, 0.05) is 6.42 Å². The largest absolute Gasteiger partial charge is 0.515 e. The molecule has 0 amide bonds. The van der Waals surface area contributed by atoms with E-state index in [0.717, 1.165) is 6.08 Å². The van der Waals surface area contributed by atoms with Gasteiger partial charge >= 0.3 is 11.9 Å². The quantitative estimate of drug-likeness (QED) is 0.207. The molecule has 0 saturated heterocycles. The monoisotopic (exact) mass is 229 g/mol. The van der Waals surface area contributed by atoms with Crippen LogP contribution in [0, 0.1) is 0 Å². The highest BCUT2D eigenvalue weighted by molar-refractivity contribution is 6.37. The first-order valence-electron chi connectivity index (χ1n) is 4.15. The van der Waals surface area contributed by atoms with Gasteiger partial charge in [-0.1, -0.05) is 6.08 Å². The molecule has 0 aliphatic carbocycles. The fourth-order valence-corrected chi connectivity index (χ4v) is 0.759. The first-order valence-corrected chi connectivity index (χ1v) is 4.15. The number of hydrogen-bond acceptors (Lipinski definition) is 5. The summed E-state index contributed by atoms with van der Waals surface area (Å²) >= 11 is 0. The zero-order valence-corrected chi connectivity index (χ0v) is 8.16. The number of carboxylic acid groups (broad SMARTS) is 2. The molecule has 0 aliphatic heterocycles. The summed E-state index contributed by atoms with van der Waals surface area (Å²) in [6, 6.07) is -1.23. The Morgan fingerprint density at radius 2 is 1.75 bits per heavy atom. The van der Waals surface area contributed by atoms with Crippen LogP contribution in [0.15, 0.2) is 24.0 Å². The number of carbonyl (C=O) groups excluding carboxylic acids is 1. The van der Waals surface area contributed by atoms with Crippen molar-refractivity contribution >= 4 is 17.7 Å². The molecule has 0 saturated carbocycles. The molecule has 0 heterocycles. The van der Waals surface area contributed by atoms with E-state index >= 15 is 0 Å². The van der Waals surface area contributed by atoms with E-state index in [-0.39, 0.29) is 12.0 Å². The van der Waals surface area contributed by atoms with Crippen molar-refractivity contribution in [2.75, 3.05) is 0 Å². The molecular formula is C9H11NO6. The molecule has 0 radical (unpaired) electrons. The van der Waals surface area contributed by atoms with Crippen LogP contribution < -0.4 is 5.73 Å². The Balaban J connectivity index is 4.50. The molecule has 0 aromatic rings. The minimum absolute atomic E-state index is 0.0458. The first-order chi connectivity index (χ1) is 7.38. The second-order valence-electron chi connectivity index (χ2n) is 2.86. The number of hydrogen-bond donors (Lipinski definition) is 4. The van der Waals surface area contributed by atoms with Crippen LogP contribution in [0.3, 0.4) is 0 Å². The average Bonchev–Trinajstić information content (AvgIpc) is 2.22. The summed E-state index contributed by atoms with van der Waals surface area (Å²) in [6.07, 6.45) is 2.06. The third kappa shape index (κ3) is 4.91. The summed E-state index contributed by atoms with van der Waals surface area (Å²) in [5.74, 6) is -4.09. The number of ketones is 1. The predicted molar refractivity (Wildman–Crippen MR) is 52.7 cm³/mol. The fraction of sp³-hybridized carbons (Fsp3) is 0.222. The molecular weight excluding hydrogens is 218 g/mol. The molecule has 7 nitrogen and oxygen atoms in total. The van der Waals surface area contributed by atoms with Crippen molar-refractivity contribution in [2.45, 2.75) is 12.5 Å². The molecule has 1 atom stereocenters. The average molecular weight is 229 g/mol.